The van der Waals surface area contributed by atoms with Gasteiger partial charge in [-0.15, -0.1) is 0 Å². The van der Waals surface area contributed by atoms with Crippen LogP contribution in [0.25, 0.3) is 0 Å². The fourth-order valence-corrected chi connectivity index (χ4v) is 2.06. The molecule has 0 aliphatic carbocycles. The molecule has 0 aliphatic rings. The van der Waals surface area contributed by atoms with Crippen molar-refractivity contribution in [1.82, 2.24) is 0 Å². The van der Waals surface area contributed by atoms with Gasteiger partial charge in [-0.2, -0.15) is 0 Å². The van der Waals surface area contributed by atoms with Gasteiger partial charge in [-0.1, -0.05) is 18.2 Å². The first-order valence-electron chi connectivity index (χ1n) is 6.11. The van der Waals surface area contributed by atoms with E-state index in [1.54, 1.807) is 7.11 Å². The quantitative estimate of drug-likeness (QED) is 0.879. The van der Waals surface area contributed by atoms with E-state index in [1.165, 1.54) is 0 Å². The number of carbonyl (C=O) groups excluding carboxylic acids is 1. The SMILES string of the molecule is COc1ccc(Br)c(NCC(=O)Nc2ccccc2)c1. The molecule has 0 saturated carbocycles. The monoisotopic (exact) mass is 334 g/mol. The lowest BCUT2D eigenvalue weighted by Gasteiger charge is -2.10. The number of hydrogen-bond donors (Lipinski definition) is 2. The molecule has 0 unspecified atom stereocenters. The normalized spacial score (nSPS) is 9.90. The molecule has 20 heavy (non-hydrogen) atoms. The number of anilines is 2. The van der Waals surface area contributed by atoms with E-state index in [4.69, 9.17) is 4.74 Å². The number of benzene rings is 2. The highest BCUT2D eigenvalue weighted by Gasteiger charge is 2.05. The minimum atomic E-state index is -0.106. The highest BCUT2D eigenvalue weighted by molar-refractivity contribution is 9.10. The molecule has 104 valence electrons. The summed E-state index contributed by atoms with van der Waals surface area (Å²) in [6.45, 7) is 0.181. The van der Waals surface area contributed by atoms with Gasteiger partial charge in [0.25, 0.3) is 0 Å². The molecule has 0 saturated heterocycles. The maximum absolute atomic E-state index is 11.8. The van der Waals surface area contributed by atoms with Gasteiger partial charge in [0.05, 0.1) is 19.3 Å². The van der Waals surface area contributed by atoms with Crippen molar-refractivity contribution in [3.05, 3.63) is 53.0 Å². The molecule has 2 N–H and O–H groups in total. The second kappa shape index (κ2) is 6.96. The van der Waals surface area contributed by atoms with Crippen LogP contribution >= 0.6 is 15.9 Å². The lowest BCUT2D eigenvalue weighted by Crippen LogP contribution is -2.21. The molecule has 0 aromatic heterocycles. The van der Waals surface area contributed by atoms with Crippen LogP contribution in [0.2, 0.25) is 0 Å². The molecule has 1 amide bonds. The van der Waals surface area contributed by atoms with Gasteiger partial charge in [-0.3, -0.25) is 4.79 Å². The minimum Gasteiger partial charge on any atom is -0.497 e. The van der Waals surface area contributed by atoms with Gasteiger partial charge in [0.1, 0.15) is 5.75 Å². The fraction of sp³-hybridized carbons (Fsp3) is 0.133. The number of para-hydroxylation sites is 1. The Labute approximate surface area is 126 Å². The number of hydrogen-bond acceptors (Lipinski definition) is 3. The van der Waals surface area contributed by atoms with Crippen molar-refractivity contribution in [3.63, 3.8) is 0 Å². The summed E-state index contributed by atoms with van der Waals surface area (Å²) >= 11 is 3.43. The fourth-order valence-electron chi connectivity index (χ4n) is 1.67. The van der Waals surface area contributed by atoms with E-state index < -0.39 is 0 Å². The van der Waals surface area contributed by atoms with Gasteiger partial charge in [-0.25, -0.2) is 0 Å². The third-order valence-electron chi connectivity index (χ3n) is 2.67. The maximum Gasteiger partial charge on any atom is 0.243 e. The molecule has 0 spiro atoms. The van der Waals surface area contributed by atoms with Gasteiger partial charge in [0.2, 0.25) is 5.91 Å². The number of methoxy groups -OCH3 is 1. The Bertz CT molecular complexity index is 588. The van der Waals surface area contributed by atoms with Gasteiger partial charge in [-0.05, 0) is 40.2 Å². The second-order valence-electron chi connectivity index (χ2n) is 4.11. The van der Waals surface area contributed by atoms with Gasteiger partial charge in [0.15, 0.2) is 0 Å². The summed E-state index contributed by atoms with van der Waals surface area (Å²) in [5.41, 5.74) is 1.59. The summed E-state index contributed by atoms with van der Waals surface area (Å²) in [6, 6.07) is 14.9. The van der Waals surface area contributed by atoms with Gasteiger partial charge < -0.3 is 15.4 Å². The largest absolute Gasteiger partial charge is 0.497 e. The Morgan fingerprint density at radius 2 is 1.95 bits per heavy atom. The zero-order valence-electron chi connectivity index (χ0n) is 11.0. The zero-order chi connectivity index (χ0) is 14.4. The number of rotatable bonds is 5. The predicted octanol–water partition coefficient (Wildman–Crippen LogP) is 3.51. The molecule has 0 fully saturated rings. The molecule has 0 bridgehead atoms. The lowest BCUT2D eigenvalue weighted by atomic mass is 10.3. The highest BCUT2D eigenvalue weighted by Crippen LogP contribution is 2.26. The Hall–Kier alpha value is -2.01. The number of nitrogens with one attached hydrogen (secondary N) is 2. The number of halogens is 1. The molecule has 0 atom stereocenters. The van der Waals surface area contributed by atoms with E-state index in [-0.39, 0.29) is 12.5 Å². The molecule has 4 nitrogen and oxygen atoms in total. The molecule has 5 heteroatoms. The van der Waals surface area contributed by atoms with Crippen molar-refractivity contribution in [1.29, 1.82) is 0 Å². The van der Waals surface area contributed by atoms with Crippen LogP contribution in [0.5, 0.6) is 5.75 Å². The average Bonchev–Trinajstić information content (AvgIpc) is 2.47. The summed E-state index contributed by atoms with van der Waals surface area (Å²) < 4.78 is 6.03. The van der Waals surface area contributed by atoms with Crippen LogP contribution in [0.15, 0.2) is 53.0 Å². The van der Waals surface area contributed by atoms with Crippen LogP contribution in [0.3, 0.4) is 0 Å². The maximum atomic E-state index is 11.8. The van der Waals surface area contributed by atoms with E-state index >= 15 is 0 Å². The number of carbonyl (C=O) groups is 1. The minimum absolute atomic E-state index is 0.106. The first kappa shape index (κ1) is 14.4. The molecular weight excluding hydrogens is 320 g/mol. The highest BCUT2D eigenvalue weighted by atomic mass is 79.9. The van der Waals surface area contributed by atoms with Crippen molar-refractivity contribution < 1.29 is 9.53 Å². The van der Waals surface area contributed by atoms with Crippen LogP contribution in [-0.2, 0) is 4.79 Å². The van der Waals surface area contributed by atoms with E-state index in [9.17, 15) is 4.79 Å². The van der Waals surface area contributed by atoms with E-state index in [0.29, 0.717) is 0 Å². The summed E-state index contributed by atoms with van der Waals surface area (Å²) in [4.78, 5) is 11.8. The third kappa shape index (κ3) is 3.99. The standard InChI is InChI=1S/C15H15BrN2O2/c1-20-12-7-8-13(16)14(9-12)17-10-15(19)18-11-5-3-2-4-6-11/h2-9,17H,10H2,1H3,(H,18,19). The van der Waals surface area contributed by atoms with Crippen molar-refractivity contribution in [3.8, 4) is 5.75 Å². The van der Waals surface area contributed by atoms with Crippen LogP contribution in [0.4, 0.5) is 11.4 Å². The Morgan fingerprint density at radius 1 is 1.20 bits per heavy atom. The lowest BCUT2D eigenvalue weighted by molar-refractivity contribution is -0.114. The smallest absolute Gasteiger partial charge is 0.243 e. The predicted molar refractivity (Wildman–Crippen MR) is 84.3 cm³/mol. The Morgan fingerprint density at radius 3 is 2.65 bits per heavy atom. The van der Waals surface area contributed by atoms with Crippen LogP contribution < -0.4 is 15.4 Å². The van der Waals surface area contributed by atoms with Gasteiger partial charge in [0, 0.05) is 16.2 Å². The Balaban J connectivity index is 1.93. The molecule has 0 radical (unpaired) electrons. The summed E-state index contributed by atoms with van der Waals surface area (Å²) in [7, 11) is 1.61. The van der Waals surface area contributed by atoms with E-state index in [2.05, 4.69) is 26.6 Å². The van der Waals surface area contributed by atoms with E-state index in [0.717, 1.165) is 21.6 Å². The number of ether oxygens (including phenoxy) is 1. The van der Waals surface area contributed by atoms with Crippen molar-refractivity contribution in [2.75, 3.05) is 24.3 Å². The first-order chi connectivity index (χ1) is 9.69. The van der Waals surface area contributed by atoms with Crippen molar-refractivity contribution in [2.45, 2.75) is 0 Å². The van der Waals surface area contributed by atoms with Crippen molar-refractivity contribution >= 4 is 33.2 Å². The topological polar surface area (TPSA) is 50.4 Å². The zero-order valence-corrected chi connectivity index (χ0v) is 12.6. The molecule has 0 aliphatic heterocycles. The molecule has 2 aromatic carbocycles. The molecule has 2 aromatic rings. The summed E-state index contributed by atoms with van der Waals surface area (Å²) in [6.07, 6.45) is 0. The molecule has 2 rings (SSSR count). The Kier molecular flexibility index (Phi) is 5.01. The first-order valence-corrected chi connectivity index (χ1v) is 6.90. The average molecular weight is 335 g/mol. The summed E-state index contributed by atoms with van der Waals surface area (Å²) in [5.74, 6) is 0.630. The van der Waals surface area contributed by atoms with Crippen LogP contribution in [0, 0.1) is 0 Å². The van der Waals surface area contributed by atoms with Crippen molar-refractivity contribution in [2.24, 2.45) is 0 Å². The third-order valence-corrected chi connectivity index (χ3v) is 3.36. The number of amides is 1. The van der Waals surface area contributed by atoms with Gasteiger partial charge >= 0.3 is 0 Å². The summed E-state index contributed by atoms with van der Waals surface area (Å²) in [5, 5.41) is 5.88. The van der Waals surface area contributed by atoms with Crippen LogP contribution in [0.1, 0.15) is 0 Å². The molecular formula is C15H15BrN2O2. The van der Waals surface area contributed by atoms with E-state index in [1.807, 2.05) is 48.5 Å². The molecule has 0 heterocycles. The second-order valence-corrected chi connectivity index (χ2v) is 4.97. The van der Waals surface area contributed by atoms with Crippen LogP contribution in [-0.4, -0.2) is 19.6 Å².